The fourth-order valence-corrected chi connectivity index (χ4v) is 3.08. The molecule has 0 aliphatic heterocycles. The molecule has 4 N–H and O–H groups in total. The Kier molecular flexibility index (Phi) is 5.83. The van der Waals surface area contributed by atoms with Crippen LogP contribution >= 0.6 is 15.9 Å². The molecule has 4 heteroatoms. The number of halogens is 1. The number of ether oxygens (including phenoxy) is 1. The maximum absolute atomic E-state index is 6.44. The third kappa shape index (κ3) is 2.96. The van der Waals surface area contributed by atoms with Crippen LogP contribution in [0.3, 0.4) is 0 Å². The summed E-state index contributed by atoms with van der Waals surface area (Å²) in [6.07, 6.45) is 0.963. The molecule has 0 spiro atoms. The van der Waals surface area contributed by atoms with Gasteiger partial charge in [-0.2, -0.15) is 0 Å². The Morgan fingerprint density at radius 3 is 2.16 bits per heavy atom. The largest absolute Gasteiger partial charge is 0.496 e. The molecule has 2 unspecified atom stereocenters. The van der Waals surface area contributed by atoms with Crippen LogP contribution in [0.25, 0.3) is 0 Å². The van der Waals surface area contributed by atoms with Gasteiger partial charge in [-0.1, -0.05) is 29.3 Å². The summed E-state index contributed by atoms with van der Waals surface area (Å²) in [5, 5.41) is 0. The van der Waals surface area contributed by atoms with Crippen molar-refractivity contribution in [2.75, 3.05) is 13.7 Å². The van der Waals surface area contributed by atoms with E-state index in [9.17, 15) is 0 Å². The molecule has 0 fully saturated rings. The third-order valence-corrected chi connectivity index (χ3v) is 5.27. The van der Waals surface area contributed by atoms with Crippen LogP contribution in [-0.4, -0.2) is 13.7 Å². The van der Waals surface area contributed by atoms with Gasteiger partial charge in [0.25, 0.3) is 0 Å². The zero-order chi connectivity index (χ0) is 14.7. The van der Waals surface area contributed by atoms with Crippen molar-refractivity contribution in [3.8, 4) is 5.75 Å². The smallest absolute Gasteiger partial charge is 0.127 e. The van der Waals surface area contributed by atoms with Gasteiger partial charge in [0.1, 0.15) is 5.75 Å². The van der Waals surface area contributed by atoms with Gasteiger partial charge in [0.2, 0.25) is 0 Å². The maximum Gasteiger partial charge on any atom is 0.127 e. The van der Waals surface area contributed by atoms with Gasteiger partial charge in [-0.05, 0) is 49.9 Å². The molecule has 108 valence electrons. The van der Waals surface area contributed by atoms with E-state index in [0.29, 0.717) is 6.54 Å². The van der Waals surface area contributed by atoms with E-state index in [1.54, 1.807) is 7.11 Å². The fraction of sp³-hybridized carbons (Fsp3) is 0.600. The van der Waals surface area contributed by atoms with Crippen LogP contribution in [0.1, 0.15) is 41.6 Å². The summed E-state index contributed by atoms with van der Waals surface area (Å²) in [6.45, 7) is 8.94. The molecule has 0 saturated heterocycles. The van der Waals surface area contributed by atoms with Crippen LogP contribution in [0, 0.1) is 26.7 Å². The van der Waals surface area contributed by atoms with Crippen molar-refractivity contribution in [2.24, 2.45) is 17.4 Å². The number of methoxy groups -OCH3 is 1. The van der Waals surface area contributed by atoms with Crippen molar-refractivity contribution in [1.29, 1.82) is 0 Å². The van der Waals surface area contributed by atoms with Gasteiger partial charge >= 0.3 is 0 Å². The molecule has 1 aromatic rings. The first-order valence-electron chi connectivity index (χ1n) is 6.69. The summed E-state index contributed by atoms with van der Waals surface area (Å²) in [6, 6.07) is -0.0967. The molecule has 0 aliphatic rings. The Balaban J connectivity index is 3.49. The lowest BCUT2D eigenvalue weighted by Gasteiger charge is -2.27. The van der Waals surface area contributed by atoms with Crippen LogP contribution in [0.5, 0.6) is 5.75 Å². The van der Waals surface area contributed by atoms with E-state index in [2.05, 4.69) is 43.6 Å². The normalized spacial score (nSPS) is 14.3. The lowest BCUT2D eigenvalue weighted by molar-refractivity contribution is 0.376. The highest BCUT2D eigenvalue weighted by molar-refractivity contribution is 9.10. The number of hydrogen-bond acceptors (Lipinski definition) is 3. The molecular formula is C15H25BrN2O. The first-order valence-corrected chi connectivity index (χ1v) is 7.48. The Bertz CT molecular complexity index is 456. The molecule has 0 bridgehead atoms. The van der Waals surface area contributed by atoms with Gasteiger partial charge in [-0.25, -0.2) is 0 Å². The van der Waals surface area contributed by atoms with Crippen LogP contribution in [0.4, 0.5) is 0 Å². The SMILES string of the molecule is CCC(CN)C(N)c1c(C)c(Br)c(C)c(C)c1OC. The molecule has 0 aliphatic carbocycles. The second kappa shape index (κ2) is 6.73. The summed E-state index contributed by atoms with van der Waals surface area (Å²) in [5.74, 6) is 1.17. The summed E-state index contributed by atoms with van der Waals surface area (Å²) in [4.78, 5) is 0. The first kappa shape index (κ1) is 16.5. The fourth-order valence-electron chi connectivity index (χ4n) is 2.57. The number of nitrogens with two attached hydrogens (primary N) is 2. The standard InChI is InChI=1S/C15H25BrN2O/c1-6-11(7-17)14(18)12-10(4)13(16)8(2)9(3)15(12)19-5/h11,14H,6-7,17-18H2,1-5H3. The summed E-state index contributed by atoms with van der Waals surface area (Å²) in [7, 11) is 1.70. The maximum atomic E-state index is 6.44. The Labute approximate surface area is 124 Å². The van der Waals surface area contributed by atoms with Crippen molar-refractivity contribution >= 4 is 15.9 Å². The van der Waals surface area contributed by atoms with Gasteiger partial charge in [-0.3, -0.25) is 0 Å². The predicted octanol–water partition coefficient (Wildman–Crippen LogP) is 3.37. The zero-order valence-electron chi connectivity index (χ0n) is 12.5. The minimum atomic E-state index is -0.0967. The molecule has 1 rings (SSSR count). The second-order valence-corrected chi connectivity index (χ2v) is 5.86. The van der Waals surface area contributed by atoms with E-state index in [-0.39, 0.29) is 12.0 Å². The van der Waals surface area contributed by atoms with E-state index < -0.39 is 0 Å². The highest BCUT2D eigenvalue weighted by Crippen LogP contribution is 2.40. The van der Waals surface area contributed by atoms with Crippen molar-refractivity contribution < 1.29 is 4.74 Å². The van der Waals surface area contributed by atoms with Crippen molar-refractivity contribution in [1.82, 2.24) is 0 Å². The van der Waals surface area contributed by atoms with E-state index in [0.717, 1.165) is 33.3 Å². The molecule has 0 heterocycles. The Morgan fingerprint density at radius 2 is 1.74 bits per heavy atom. The minimum Gasteiger partial charge on any atom is -0.496 e. The van der Waals surface area contributed by atoms with Crippen molar-refractivity contribution in [3.63, 3.8) is 0 Å². The van der Waals surface area contributed by atoms with E-state index in [1.807, 2.05) is 0 Å². The summed E-state index contributed by atoms with van der Waals surface area (Å²) < 4.78 is 6.73. The molecule has 1 aromatic carbocycles. The highest BCUT2D eigenvalue weighted by atomic mass is 79.9. The third-order valence-electron chi connectivity index (χ3n) is 4.08. The Morgan fingerprint density at radius 1 is 1.16 bits per heavy atom. The predicted molar refractivity (Wildman–Crippen MR) is 84.7 cm³/mol. The van der Waals surface area contributed by atoms with Crippen LogP contribution < -0.4 is 16.2 Å². The average Bonchev–Trinajstić information content (AvgIpc) is 2.41. The summed E-state index contributed by atoms with van der Waals surface area (Å²) >= 11 is 3.66. The van der Waals surface area contributed by atoms with Crippen LogP contribution in [0.15, 0.2) is 4.47 Å². The monoisotopic (exact) mass is 328 g/mol. The average molecular weight is 329 g/mol. The number of rotatable bonds is 5. The van der Waals surface area contributed by atoms with Crippen LogP contribution in [0.2, 0.25) is 0 Å². The van der Waals surface area contributed by atoms with Crippen molar-refractivity contribution in [2.45, 2.75) is 40.2 Å². The second-order valence-electron chi connectivity index (χ2n) is 5.07. The lowest BCUT2D eigenvalue weighted by Crippen LogP contribution is -2.28. The van der Waals surface area contributed by atoms with Gasteiger partial charge in [-0.15, -0.1) is 0 Å². The van der Waals surface area contributed by atoms with Gasteiger partial charge in [0.05, 0.1) is 7.11 Å². The molecule has 2 atom stereocenters. The summed E-state index contributed by atoms with van der Waals surface area (Å²) in [5.41, 5.74) is 16.8. The number of hydrogen-bond donors (Lipinski definition) is 2. The van der Waals surface area contributed by atoms with E-state index in [4.69, 9.17) is 16.2 Å². The van der Waals surface area contributed by atoms with Gasteiger partial charge in [0.15, 0.2) is 0 Å². The lowest BCUT2D eigenvalue weighted by atomic mass is 9.86. The zero-order valence-corrected chi connectivity index (χ0v) is 14.1. The molecule has 19 heavy (non-hydrogen) atoms. The topological polar surface area (TPSA) is 61.3 Å². The molecule has 0 amide bonds. The van der Waals surface area contributed by atoms with E-state index in [1.165, 1.54) is 5.56 Å². The Hall–Kier alpha value is -0.580. The van der Waals surface area contributed by atoms with Gasteiger partial charge < -0.3 is 16.2 Å². The minimum absolute atomic E-state index is 0.0967. The van der Waals surface area contributed by atoms with Crippen molar-refractivity contribution in [3.05, 3.63) is 26.7 Å². The molecule has 0 radical (unpaired) electrons. The molecule has 0 saturated carbocycles. The van der Waals surface area contributed by atoms with E-state index >= 15 is 0 Å². The number of benzene rings is 1. The molecular weight excluding hydrogens is 304 g/mol. The first-order chi connectivity index (χ1) is 8.90. The van der Waals surface area contributed by atoms with Crippen LogP contribution in [-0.2, 0) is 0 Å². The molecule has 3 nitrogen and oxygen atoms in total. The highest BCUT2D eigenvalue weighted by Gasteiger charge is 2.25. The molecule has 0 aromatic heterocycles. The van der Waals surface area contributed by atoms with Gasteiger partial charge in [0, 0.05) is 16.1 Å². The quantitative estimate of drug-likeness (QED) is 0.871.